The molecule has 0 bridgehead atoms. The van der Waals surface area contributed by atoms with E-state index in [1.807, 2.05) is 24.3 Å². The maximum atomic E-state index is 13.7. The van der Waals surface area contributed by atoms with Crippen molar-refractivity contribution in [1.82, 2.24) is 9.88 Å². The molecule has 1 saturated carbocycles. The zero-order valence-corrected chi connectivity index (χ0v) is 18.6. The van der Waals surface area contributed by atoms with Crippen molar-refractivity contribution in [3.63, 3.8) is 0 Å². The predicted octanol–water partition coefficient (Wildman–Crippen LogP) is 7.37. The average molecular weight is 441 g/mol. The molecule has 2 aliphatic rings. The molecule has 1 aliphatic heterocycles. The van der Waals surface area contributed by atoms with E-state index in [1.54, 1.807) is 0 Å². The van der Waals surface area contributed by atoms with Gasteiger partial charge in [0.05, 0.1) is 11.7 Å². The molecule has 1 aliphatic carbocycles. The Bertz CT molecular complexity index is 1300. The van der Waals surface area contributed by atoms with Crippen molar-refractivity contribution in [3.8, 4) is 11.3 Å². The van der Waals surface area contributed by atoms with Gasteiger partial charge < -0.3 is 9.88 Å². The van der Waals surface area contributed by atoms with E-state index in [2.05, 4.69) is 58.4 Å². The van der Waals surface area contributed by atoms with E-state index < -0.39 is 0 Å². The minimum Gasteiger partial charge on any atom is -0.354 e. The van der Waals surface area contributed by atoms with Crippen molar-refractivity contribution in [1.29, 1.82) is 0 Å². The topological polar surface area (TPSA) is 36.1 Å². The summed E-state index contributed by atoms with van der Waals surface area (Å²) in [7, 11) is 0. The summed E-state index contributed by atoms with van der Waals surface area (Å²) >= 11 is 6.19. The summed E-state index contributed by atoms with van der Waals surface area (Å²) in [6.07, 6.45) is 5.80. The standard InChI is InChI=1S/C28H25ClN2O/c29-19-16-14-18(15-17-19)26-25(23-12-6-7-13-24(23)30-26)27-21-10-4-5-11-22(21)28(32)31(27)20-8-2-1-3-9-20/h4-7,10-17,20,27,30H,1-3,8-9H2/t27-/m0/s1. The highest BCUT2D eigenvalue weighted by Crippen LogP contribution is 2.47. The lowest BCUT2D eigenvalue weighted by Crippen LogP contribution is -2.40. The highest BCUT2D eigenvalue weighted by molar-refractivity contribution is 6.30. The predicted molar refractivity (Wildman–Crippen MR) is 130 cm³/mol. The number of para-hydroxylation sites is 1. The summed E-state index contributed by atoms with van der Waals surface area (Å²) in [6.45, 7) is 0. The van der Waals surface area contributed by atoms with Gasteiger partial charge in [0, 0.05) is 33.1 Å². The van der Waals surface area contributed by atoms with Gasteiger partial charge in [0.1, 0.15) is 0 Å². The van der Waals surface area contributed by atoms with E-state index in [0.29, 0.717) is 0 Å². The molecule has 4 aromatic rings. The van der Waals surface area contributed by atoms with Crippen LogP contribution in [0.1, 0.15) is 59.6 Å². The Morgan fingerprint density at radius 2 is 1.56 bits per heavy atom. The molecule has 3 nitrogen and oxygen atoms in total. The minimum absolute atomic E-state index is 0.0939. The number of benzene rings is 3. The SMILES string of the molecule is O=C1c2ccccc2[C@@H](c2c(-c3ccc(Cl)cc3)[nH]c3ccccc23)N1C1CCCCC1. The molecule has 1 amide bonds. The Morgan fingerprint density at radius 3 is 2.38 bits per heavy atom. The first-order valence-corrected chi connectivity index (χ1v) is 11.9. The van der Waals surface area contributed by atoms with Gasteiger partial charge in [-0.2, -0.15) is 0 Å². The fourth-order valence-electron chi connectivity index (χ4n) is 5.66. The van der Waals surface area contributed by atoms with Crippen molar-refractivity contribution in [2.75, 3.05) is 0 Å². The summed E-state index contributed by atoms with van der Waals surface area (Å²) in [4.78, 5) is 19.6. The lowest BCUT2D eigenvalue weighted by atomic mass is 9.89. The molecule has 6 rings (SSSR count). The zero-order chi connectivity index (χ0) is 21.7. The second-order valence-corrected chi connectivity index (χ2v) is 9.40. The molecule has 0 saturated heterocycles. The van der Waals surface area contributed by atoms with Crippen LogP contribution in [-0.2, 0) is 0 Å². The molecule has 1 atom stereocenters. The number of rotatable bonds is 3. The number of hydrogen-bond donors (Lipinski definition) is 1. The smallest absolute Gasteiger partial charge is 0.255 e. The Morgan fingerprint density at radius 1 is 0.844 bits per heavy atom. The second-order valence-electron chi connectivity index (χ2n) is 8.96. The number of carbonyl (C=O) groups excluding carboxylic acids is 1. The Labute approximate surface area is 193 Å². The van der Waals surface area contributed by atoms with Crippen LogP contribution < -0.4 is 0 Å². The van der Waals surface area contributed by atoms with Gasteiger partial charge >= 0.3 is 0 Å². The zero-order valence-electron chi connectivity index (χ0n) is 17.9. The molecule has 3 aromatic carbocycles. The third-order valence-electron chi connectivity index (χ3n) is 7.12. The first-order valence-electron chi connectivity index (χ1n) is 11.5. The van der Waals surface area contributed by atoms with Gasteiger partial charge in [0.2, 0.25) is 0 Å². The maximum Gasteiger partial charge on any atom is 0.255 e. The number of aromatic amines is 1. The molecular weight excluding hydrogens is 416 g/mol. The second kappa shape index (κ2) is 7.83. The highest BCUT2D eigenvalue weighted by atomic mass is 35.5. The molecule has 1 aromatic heterocycles. The van der Waals surface area contributed by atoms with Crippen LogP contribution in [0.25, 0.3) is 22.2 Å². The first kappa shape index (κ1) is 19.6. The molecule has 1 N–H and O–H groups in total. The van der Waals surface area contributed by atoms with Crippen molar-refractivity contribution in [2.45, 2.75) is 44.2 Å². The average Bonchev–Trinajstić information content (AvgIpc) is 3.35. The lowest BCUT2D eigenvalue weighted by molar-refractivity contribution is 0.0614. The molecule has 4 heteroatoms. The van der Waals surface area contributed by atoms with Gasteiger partial charge in [-0.25, -0.2) is 0 Å². The monoisotopic (exact) mass is 440 g/mol. The van der Waals surface area contributed by atoms with E-state index in [4.69, 9.17) is 11.6 Å². The summed E-state index contributed by atoms with van der Waals surface area (Å²) < 4.78 is 0. The van der Waals surface area contributed by atoms with Crippen LogP contribution in [0.15, 0.2) is 72.8 Å². The molecular formula is C28H25ClN2O. The quantitative estimate of drug-likeness (QED) is 0.354. The van der Waals surface area contributed by atoms with Gasteiger partial charge in [-0.05, 0) is 48.2 Å². The molecule has 2 heterocycles. The fourth-order valence-corrected chi connectivity index (χ4v) is 5.78. The van der Waals surface area contributed by atoms with Crippen molar-refractivity contribution < 1.29 is 4.79 Å². The van der Waals surface area contributed by atoms with Crippen molar-refractivity contribution in [3.05, 3.63) is 94.5 Å². The van der Waals surface area contributed by atoms with E-state index in [0.717, 1.165) is 45.8 Å². The Balaban J connectivity index is 1.61. The van der Waals surface area contributed by atoms with Crippen molar-refractivity contribution in [2.24, 2.45) is 0 Å². The highest BCUT2D eigenvalue weighted by Gasteiger charge is 2.43. The largest absolute Gasteiger partial charge is 0.354 e. The number of nitrogens with zero attached hydrogens (tertiary/aromatic N) is 1. The number of halogens is 1. The van der Waals surface area contributed by atoms with Gasteiger partial charge in [-0.3, -0.25) is 4.79 Å². The van der Waals surface area contributed by atoms with E-state index in [9.17, 15) is 4.79 Å². The Hall–Kier alpha value is -3.04. The van der Waals surface area contributed by atoms with Crippen LogP contribution in [0.2, 0.25) is 5.02 Å². The summed E-state index contributed by atoms with van der Waals surface area (Å²) in [5.74, 6) is 0.171. The van der Waals surface area contributed by atoms with Crippen LogP contribution >= 0.6 is 11.6 Å². The van der Waals surface area contributed by atoms with Crippen LogP contribution in [0.5, 0.6) is 0 Å². The van der Waals surface area contributed by atoms with Crippen LogP contribution in [0, 0.1) is 0 Å². The summed E-state index contributed by atoms with van der Waals surface area (Å²) in [6, 6.07) is 24.7. The fraction of sp³-hybridized carbons (Fsp3) is 0.250. The van der Waals surface area contributed by atoms with Gasteiger partial charge in [0.15, 0.2) is 0 Å². The van der Waals surface area contributed by atoms with E-state index in [1.165, 1.54) is 30.2 Å². The summed E-state index contributed by atoms with van der Waals surface area (Å²) in [5, 5.41) is 1.89. The number of fused-ring (bicyclic) bond motifs is 2. The van der Waals surface area contributed by atoms with Crippen LogP contribution in [0.4, 0.5) is 0 Å². The number of carbonyl (C=O) groups is 1. The van der Waals surface area contributed by atoms with E-state index in [-0.39, 0.29) is 18.0 Å². The number of H-pyrrole nitrogens is 1. The number of aromatic nitrogens is 1. The van der Waals surface area contributed by atoms with Gasteiger partial charge in [0.25, 0.3) is 5.91 Å². The lowest BCUT2D eigenvalue weighted by Gasteiger charge is -2.36. The normalized spacial score (nSPS) is 19.0. The van der Waals surface area contributed by atoms with Crippen LogP contribution in [-0.4, -0.2) is 21.8 Å². The molecule has 0 radical (unpaired) electrons. The maximum absolute atomic E-state index is 13.7. The molecule has 32 heavy (non-hydrogen) atoms. The Kier molecular flexibility index (Phi) is 4.80. The molecule has 0 spiro atoms. The number of nitrogens with one attached hydrogen (secondary N) is 1. The third-order valence-corrected chi connectivity index (χ3v) is 7.37. The molecule has 1 fully saturated rings. The van der Waals surface area contributed by atoms with E-state index >= 15 is 0 Å². The number of hydrogen-bond acceptors (Lipinski definition) is 1. The first-order chi connectivity index (χ1) is 15.7. The van der Waals surface area contributed by atoms with Crippen molar-refractivity contribution >= 4 is 28.4 Å². The van der Waals surface area contributed by atoms with Gasteiger partial charge in [-0.15, -0.1) is 0 Å². The number of amides is 1. The minimum atomic E-state index is -0.0939. The van der Waals surface area contributed by atoms with Gasteiger partial charge in [-0.1, -0.05) is 79.4 Å². The third kappa shape index (κ3) is 3.07. The van der Waals surface area contributed by atoms with Crippen LogP contribution in [0.3, 0.4) is 0 Å². The molecule has 0 unspecified atom stereocenters. The summed E-state index contributed by atoms with van der Waals surface area (Å²) in [5.41, 5.74) is 6.39. The molecule has 160 valence electrons.